The highest BCUT2D eigenvalue weighted by atomic mass is 28.4. The summed E-state index contributed by atoms with van der Waals surface area (Å²) in [5, 5.41) is 3.37. The zero-order valence-corrected chi connectivity index (χ0v) is 18.6. The van der Waals surface area contributed by atoms with E-state index in [1.807, 2.05) is 13.5 Å². The average molecular weight is 380 g/mol. The quantitative estimate of drug-likeness (QED) is 0.349. The summed E-state index contributed by atoms with van der Waals surface area (Å²) in [5.41, 5.74) is 0. The summed E-state index contributed by atoms with van der Waals surface area (Å²) >= 11 is 0. The van der Waals surface area contributed by atoms with Gasteiger partial charge in [-0.3, -0.25) is 4.79 Å². The fourth-order valence-electron chi connectivity index (χ4n) is 2.37. The Labute approximate surface area is 150 Å². The van der Waals surface area contributed by atoms with Crippen LogP contribution in [0.2, 0.25) is 25.2 Å². The first-order valence-corrected chi connectivity index (χ1v) is 13.7. The Hall–Kier alpha value is -0.0962. The minimum Gasteiger partial charge on any atom is -0.398 e. The lowest BCUT2D eigenvalue weighted by atomic mass is 10.0. The van der Waals surface area contributed by atoms with Crippen molar-refractivity contribution in [1.82, 2.24) is 5.32 Å². The fourth-order valence-corrected chi connectivity index (χ4v) is 5.16. The molecule has 0 rings (SSSR count). The summed E-state index contributed by atoms with van der Waals surface area (Å²) in [6, 6.07) is 1.80. The van der Waals surface area contributed by atoms with Crippen molar-refractivity contribution in [3.8, 4) is 0 Å². The molecule has 0 bridgehead atoms. The molecule has 1 N–H and O–H groups in total. The molecule has 0 aromatic heterocycles. The molecule has 0 heterocycles. The molecular weight excluding hydrogens is 342 g/mol. The van der Waals surface area contributed by atoms with Gasteiger partial charge in [0.05, 0.1) is 0 Å². The molecule has 0 spiro atoms. The summed E-state index contributed by atoms with van der Waals surface area (Å²) in [4.78, 5) is 12.2. The summed E-state index contributed by atoms with van der Waals surface area (Å²) < 4.78 is 21.8. The van der Waals surface area contributed by atoms with Crippen LogP contribution in [0.5, 0.6) is 0 Å². The van der Waals surface area contributed by atoms with Crippen LogP contribution in [0.15, 0.2) is 0 Å². The van der Waals surface area contributed by atoms with Gasteiger partial charge in [-0.15, -0.1) is 0 Å². The summed E-state index contributed by atoms with van der Waals surface area (Å²) in [6.07, 6.45) is 2.42. The number of Topliss-reactive ketones (excluding diaryl/α,β-unsaturated/α-hetero) is 1. The minimum absolute atomic E-state index is 0.0384. The van der Waals surface area contributed by atoms with Gasteiger partial charge in [-0.25, -0.2) is 0 Å². The largest absolute Gasteiger partial charge is 0.398 e. The predicted octanol–water partition coefficient (Wildman–Crippen LogP) is 2.68. The molecule has 0 aromatic rings. The standard InChI is InChI=1S/C16H37NO5Si2/c1-15(14-17-11-9-13-24(7,21-4)22-5)16(18)10-8-12-23(6,19-2)20-3/h15,17H,8-14H2,1-7H3. The first kappa shape index (κ1) is 23.9. The van der Waals surface area contributed by atoms with Gasteiger partial charge < -0.3 is 23.0 Å². The fraction of sp³-hybridized carbons (Fsp3) is 0.938. The summed E-state index contributed by atoms with van der Waals surface area (Å²) in [5.74, 6) is 0.343. The Kier molecular flexibility index (Phi) is 12.2. The molecule has 0 radical (unpaired) electrons. The molecule has 144 valence electrons. The van der Waals surface area contributed by atoms with E-state index >= 15 is 0 Å². The zero-order chi connectivity index (χ0) is 18.6. The smallest absolute Gasteiger partial charge is 0.334 e. The number of hydrogen-bond donors (Lipinski definition) is 1. The van der Waals surface area contributed by atoms with Gasteiger partial charge in [0.25, 0.3) is 0 Å². The molecule has 0 amide bonds. The van der Waals surface area contributed by atoms with Gasteiger partial charge in [-0.05, 0) is 44.6 Å². The van der Waals surface area contributed by atoms with Crippen LogP contribution in [-0.2, 0) is 22.5 Å². The highest BCUT2D eigenvalue weighted by Gasteiger charge is 2.29. The van der Waals surface area contributed by atoms with E-state index in [9.17, 15) is 4.79 Å². The van der Waals surface area contributed by atoms with Gasteiger partial charge in [0.1, 0.15) is 5.78 Å². The number of hydrogen-bond acceptors (Lipinski definition) is 6. The van der Waals surface area contributed by atoms with E-state index in [-0.39, 0.29) is 5.92 Å². The summed E-state index contributed by atoms with van der Waals surface area (Å²) in [7, 11) is 2.78. The predicted molar refractivity (Wildman–Crippen MR) is 102 cm³/mol. The Morgan fingerprint density at radius 3 is 1.83 bits per heavy atom. The van der Waals surface area contributed by atoms with Crippen molar-refractivity contribution in [2.75, 3.05) is 41.5 Å². The molecule has 24 heavy (non-hydrogen) atoms. The van der Waals surface area contributed by atoms with Crippen LogP contribution in [0.3, 0.4) is 0 Å². The zero-order valence-electron chi connectivity index (χ0n) is 16.6. The van der Waals surface area contributed by atoms with Crippen molar-refractivity contribution >= 4 is 22.9 Å². The van der Waals surface area contributed by atoms with Crippen molar-refractivity contribution in [2.24, 2.45) is 5.92 Å². The van der Waals surface area contributed by atoms with Crippen LogP contribution in [0.1, 0.15) is 26.2 Å². The molecule has 0 aliphatic carbocycles. The highest BCUT2D eigenvalue weighted by molar-refractivity contribution is 6.66. The van der Waals surface area contributed by atoms with E-state index < -0.39 is 17.1 Å². The normalized spacial score (nSPS) is 14.0. The second kappa shape index (κ2) is 12.3. The van der Waals surface area contributed by atoms with Gasteiger partial charge in [0.2, 0.25) is 0 Å². The Bertz CT molecular complexity index is 349. The van der Waals surface area contributed by atoms with Crippen molar-refractivity contribution < 1.29 is 22.5 Å². The van der Waals surface area contributed by atoms with Gasteiger partial charge in [-0.2, -0.15) is 0 Å². The molecule has 8 heteroatoms. The molecule has 6 nitrogen and oxygen atoms in total. The van der Waals surface area contributed by atoms with Crippen molar-refractivity contribution in [3.63, 3.8) is 0 Å². The monoisotopic (exact) mass is 379 g/mol. The third-order valence-electron chi connectivity index (χ3n) is 4.77. The van der Waals surface area contributed by atoms with Crippen molar-refractivity contribution in [2.45, 2.75) is 51.4 Å². The molecule has 1 unspecified atom stereocenters. The third-order valence-corrected chi connectivity index (χ3v) is 10.7. The maximum absolute atomic E-state index is 12.2. The van der Waals surface area contributed by atoms with Crippen molar-refractivity contribution in [3.05, 3.63) is 0 Å². The molecule has 0 saturated carbocycles. The second-order valence-electron chi connectivity index (χ2n) is 6.61. The Morgan fingerprint density at radius 1 is 0.917 bits per heavy atom. The highest BCUT2D eigenvalue weighted by Crippen LogP contribution is 2.16. The molecule has 0 aliphatic heterocycles. The molecule has 1 atom stereocenters. The number of rotatable bonds is 15. The SMILES string of the molecule is CO[Si](C)(CCCNCC(C)C(=O)CCC[Si](C)(OC)OC)OC. The van der Waals surface area contributed by atoms with Crippen molar-refractivity contribution in [1.29, 1.82) is 0 Å². The van der Waals surface area contributed by atoms with E-state index in [0.717, 1.165) is 38.0 Å². The van der Waals surface area contributed by atoms with Gasteiger partial charge in [0.15, 0.2) is 0 Å². The number of carbonyl (C=O) groups excluding carboxylic acids is 1. The number of ketones is 1. The van der Waals surface area contributed by atoms with Crippen LogP contribution in [0.25, 0.3) is 0 Å². The third kappa shape index (κ3) is 9.40. The van der Waals surface area contributed by atoms with E-state index in [1.165, 1.54) is 0 Å². The second-order valence-corrected chi connectivity index (χ2v) is 13.8. The van der Waals surface area contributed by atoms with Gasteiger partial charge >= 0.3 is 17.1 Å². The topological polar surface area (TPSA) is 66.0 Å². The van der Waals surface area contributed by atoms with Crippen LogP contribution in [0, 0.1) is 5.92 Å². The number of carbonyl (C=O) groups is 1. The first-order valence-electron chi connectivity index (χ1n) is 8.70. The molecule has 0 fully saturated rings. The van der Waals surface area contributed by atoms with Crippen LogP contribution < -0.4 is 5.32 Å². The van der Waals surface area contributed by atoms with E-state index in [2.05, 4.69) is 11.9 Å². The summed E-state index contributed by atoms with van der Waals surface area (Å²) in [6.45, 7) is 7.68. The average Bonchev–Trinajstić information content (AvgIpc) is 2.60. The molecule has 0 aromatic carbocycles. The van der Waals surface area contributed by atoms with Gasteiger partial charge in [0, 0.05) is 47.3 Å². The Balaban J connectivity index is 3.88. The van der Waals surface area contributed by atoms with E-state index in [0.29, 0.717) is 12.2 Å². The lowest BCUT2D eigenvalue weighted by molar-refractivity contribution is -0.122. The van der Waals surface area contributed by atoms with Crippen LogP contribution in [0.4, 0.5) is 0 Å². The Morgan fingerprint density at radius 2 is 1.38 bits per heavy atom. The van der Waals surface area contributed by atoms with E-state index in [4.69, 9.17) is 17.7 Å². The van der Waals surface area contributed by atoms with Crippen LogP contribution >= 0.6 is 0 Å². The first-order chi connectivity index (χ1) is 11.3. The molecular formula is C16H37NO5Si2. The van der Waals surface area contributed by atoms with Gasteiger partial charge in [-0.1, -0.05) is 6.92 Å². The lowest BCUT2D eigenvalue weighted by Crippen LogP contribution is -2.37. The lowest BCUT2D eigenvalue weighted by Gasteiger charge is -2.23. The molecule has 0 aliphatic rings. The maximum Gasteiger partial charge on any atom is 0.334 e. The minimum atomic E-state index is -2.05. The maximum atomic E-state index is 12.2. The number of nitrogens with one attached hydrogen (secondary N) is 1. The van der Waals surface area contributed by atoms with Crippen LogP contribution in [-0.4, -0.2) is 64.4 Å². The van der Waals surface area contributed by atoms with E-state index in [1.54, 1.807) is 28.4 Å². The molecule has 0 saturated heterocycles.